The van der Waals surface area contributed by atoms with Crippen molar-refractivity contribution in [2.75, 3.05) is 0 Å². The van der Waals surface area contributed by atoms with Gasteiger partial charge in [0, 0.05) is 11.8 Å². The minimum absolute atomic E-state index is 0.150. The maximum atomic E-state index is 13.0. The van der Waals surface area contributed by atoms with Gasteiger partial charge in [-0.05, 0) is 37.6 Å². The Kier molecular flexibility index (Phi) is 5.10. The van der Waals surface area contributed by atoms with Crippen molar-refractivity contribution in [3.63, 3.8) is 0 Å². The largest absolute Gasteiger partial charge is 0.480 e. The molecular formula is C16H18FN3O3. The first-order valence-corrected chi connectivity index (χ1v) is 7.28. The zero-order valence-electron chi connectivity index (χ0n) is 12.9. The normalized spacial score (nSPS) is 12.0. The molecule has 1 unspecified atom stereocenters. The molecule has 0 spiro atoms. The first-order chi connectivity index (χ1) is 10.9. The van der Waals surface area contributed by atoms with Gasteiger partial charge in [0.15, 0.2) is 5.69 Å². The van der Waals surface area contributed by atoms with E-state index in [0.717, 1.165) is 0 Å². The Hall–Kier alpha value is -2.70. The van der Waals surface area contributed by atoms with Crippen molar-refractivity contribution in [3.8, 4) is 5.69 Å². The number of carboxylic acids is 1. The van der Waals surface area contributed by atoms with Crippen LogP contribution in [0.4, 0.5) is 4.39 Å². The van der Waals surface area contributed by atoms with Gasteiger partial charge in [0.05, 0.1) is 5.69 Å². The number of aliphatic carboxylic acids is 1. The van der Waals surface area contributed by atoms with Gasteiger partial charge in [0.2, 0.25) is 0 Å². The summed E-state index contributed by atoms with van der Waals surface area (Å²) in [6.07, 6.45) is 2.62. The molecule has 0 fully saturated rings. The van der Waals surface area contributed by atoms with Crippen molar-refractivity contribution in [1.82, 2.24) is 15.1 Å². The predicted molar refractivity (Wildman–Crippen MR) is 82.1 cm³/mol. The molecule has 0 radical (unpaired) electrons. The number of aromatic nitrogens is 2. The van der Waals surface area contributed by atoms with E-state index in [-0.39, 0.29) is 11.5 Å². The van der Waals surface area contributed by atoms with Gasteiger partial charge >= 0.3 is 5.97 Å². The van der Waals surface area contributed by atoms with Crippen molar-refractivity contribution in [2.24, 2.45) is 0 Å². The fraction of sp³-hybridized carbons (Fsp3) is 0.312. The molecule has 1 heterocycles. The highest BCUT2D eigenvalue weighted by atomic mass is 19.1. The van der Waals surface area contributed by atoms with Crippen molar-refractivity contribution in [2.45, 2.75) is 32.7 Å². The molecule has 6 nitrogen and oxygen atoms in total. The summed E-state index contributed by atoms with van der Waals surface area (Å²) in [6.45, 7) is 3.55. The number of carbonyl (C=O) groups excluding carboxylic acids is 1. The van der Waals surface area contributed by atoms with E-state index in [9.17, 15) is 14.0 Å². The number of nitrogens with one attached hydrogen (secondary N) is 1. The molecule has 7 heteroatoms. The highest BCUT2D eigenvalue weighted by Gasteiger charge is 2.22. The summed E-state index contributed by atoms with van der Waals surface area (Å²) in [7, 11) is 0. The standard InChI is InChI=1S/C16H18FN3O3/c1-3-4-13(16(22)23)18-15(21)14-10(2)9-20(19-14)12-7-5-11(17)6-8-12/h5-9,13H,3-4H2,1-2H3,(H,18,21)(H,22,23). The van der Waals surface area contributed by atoms with Gasteiger partial charge in [0.25, 0.3) is 5.91 Å². The quantitative estimate of drug-likeness (QED) is 0.855. The lowest BCUT2D eigenvalue weighted by Crippen LogP contribution is -2.41. The van der Waals surface area contributed by atoms with Crippen LogP contribution in [0.2, 0.25) is 0 Å². The molecule has 0 aliphatic heterocycles. The van der Waals surface area contributed by atoms with Gasteiger partial charge in [0.1, 0.15) is 11.9 Å². The van der Waals surface area contributed by atoms with Gasteiger partial charge in [-0.15, -0.1) is 0 Å². The third kappa shape index (κ3) is 3.94. The Labute approximate surface area is 132 Å². The summed E-state index contributed by atoms with van der Waals surface area (Å²) >= 11 is 0. The van der Waals surface area contributed by atoms with Crippen molar-refractivity contribution < 1.29 is 19.1 Å². The lowest BCUT2D eigenvalue weighted by molar-refractivity contribution is -0.139. The fourth-order valence-electron chi connectivity index (χ4n) is 2.18. The number of amides is 1. The Morgan fingerprint density at radius 2 is 2.00 bits per heavy atom. The average Bonchev–Trinajstić information content (AvgIpc) is 2.89. The van der Waals surface area contributed by atoms with E-state index < -0.39 is 17.9 Å². The van der Waals surface area contributed by atoms with E-state index in [0.29, 0.717) is 24.1 Å². The third-order valence-corrected chi connectivity index (χ3v) is 3.38. The summed E-state index contributed by atoms with van der Waals surface area (Å²) in [5, 5.41) is 15.7. The molecule has 1 amide bonds. The first-order valence-electron chi connectivity index (χ1n) is 7.28. The van der Waals surface area contributed by atoms with Crippen LogP contribution in [0.25, 0.3) is 5.69 Å². The summed E-state index contributed by atoms with van der Waals surface area (Å²) in [5.74, 6) is -1.97. The molecule has 2 rings (SSSR count). The van der Waals surface area contributed by atoms with Gasteiger partial charge in [-0.3, -0.25) is 4.79 Å². The first kappa shape index (κ1) is 16.7. The molecule has 1 aromatic heterocycles. The Morgan fingerprint density at radius 1 is 1.35 bits per heavy atom. The second kappa shape index (κ2) is 7.04. The minimum Gasteiger partial charge on any atom is -0.480 e. The highest BCUT2D eigenvalue weighted by molar-refractivity contribution is 5.96. The number of carbonyl (C=O) groups is 2. The molecule has 1 atom stereocenters. The average molecular weight is 319 g/mol. The van der Waals surface area contributed by atoms with Gasteiger partial charge in [-0.25, -0.2) is 13.9 Å². The maximum absolute atomic E-state index is 13.0. The minimum atomic E-state index is -1.07. The molecule has 1 aromatic carbocycles. The molecule has 2 aromatic rings. The van der Waals surface area contributed by atoms with Crippen LogP contribution in [0.3, 0.4) is 0 Å². The van der Waals surface area contributed by atoms with Gasteiger partial charge in [-0.2, -0.15) is 5.10 Å². The van der Waals surface area contributed by atoms with Crippen LogP contribution in [0.1, 0.15) is 35.8 Å². The van der Waals surface area contributed by atoms with Gasteiger partial charge in [-0.1, -0.05) is 13.3 Å². The Balaban J connectivity index is 2.21. The number of hydrogen-bond acceptors (Lipinski definition) is 3. The van der Waals surface area contributed by atoms with E-state index in [1.807, 2.05) is 6.92 Å². The topological polar surface area (TPSA) is 84.2 Å². The molecule has 0 saturated carbocycles. The lowest BCUT2D eigenvalue weighted by atomic mass is 10.1. The van der Waals surface area contributed by atoms with E-state index in [4.69, 9.17) is 5.11 Å². The van der Waals surface area contributed by atoms with Crippen molar-refractivity contribution >= 4 is 11.9 Å². The maximum Gasteiger partial charge on any atom is 0.326 e. The number of aryl methyl sites for hydroxylation is 1. The zero-order chi connectivity index (χ0) is 17.0. The predicted octanol–water partition coefficient (Wildman–Crippen LogP) is 2.30. The third-order valence-electron chi connectivity index (χ3n) is 3.38. The number of halogens is 1. The number of hydrogen-bond donors (Lipinski definition) is 2. The Bertz CT molecular complexity index is 710. The molecule has 0 aliphatic carbocycles. The van der Waals surface area contributed by atoms with Crippen LogP contribution >= 0.6 is 0 Å². The number of benzene rings is 1. The van der Waals surface area contributed by atoms with E-state index in [1.165, 1.54) is 16.8 Å². The van der Waals surface area contributed by atoms with Crippen molar-refractivity contribution in [3.05, 3.63) is 47.5 Å². The Morgan fingerprint density at radius 3 is 2.57 bits per heavy atom. The van der Waals surface area contributed by atoms with Crippen LogP contribution in [0.5, 0.6) is 0 Å². The molecule has 0 aliphatic rings. The molecule has 0 bridgehead atoms. The van der Waals surface area contributed by atoms with Gasteiger partial charge < -0.3 is 10.4 Å². The lowest BCUT2D eigenvalue weighted by Gasteiger charge is -2.12. The smallest absolute Gasteiger partial charge is 0.326 e. The number of rotatable bonds is 6. The van der Waals surface area contributed by atoms with Crippen LogP contribution in [-0.2, 0) is 4.79 Å². The van der Waals surface area contributed by atoms with Crippen LogP contribution < -0.4 is 5.32 Å². The second-order valence-corrected chi connectivity index (χ2v) is 5.23. The van der Waals surface area contributed by atoms with E-state index in [2.05, 4.69) is 10.4 Å². The summed E-state index contributed by atoms with van der Waals surface area (Å²) < 4.78 is 14.4. The van der Waals surface area contributed by atoms with Crippen LogP contribution in [0, 0.1) is 12.7 Å². The fourth-order valence-corrected chi connectivity index (χ4v) is 2.18. The second-order valence-electron chi connectivity index (χ2n) is 5.23. The number of carboxylic acid groups (broad SMARTS) is 1. The van der Waals surface area contributed by atoms with E-state index >= 15 is 0 Å². The zero-order valence-corrected chi connectivity index (χ0v) is 12.9. The summed E-state index contributed by atoms with van der Waals surface area (Å²) in [4.78, 5) is 23.4. The molecule has 23 heavy (non-hydrogen) atoms. The summed E-state index contributed by atoms with van der Waals surface area (Å²) in [5.41, 5.74) is 1.36. The molecule has 122 valence electrons. The van der Waals surface area contributed by atoms with Crippen LogP contribution in [-0.4, -0.2) is 32.8 Å². The molecular weight excluding hydrogens is 301 g/mol. The van der Waals surface area contributed by atoms with Crippen LogP contribution in [0.15, 0.2) is 30.5 Å². The monoisotopic (exact) mass is 319 g/mol. The molecule has 0 saturated heterocycles. The van der Waals surface area contributed by atoms with E-state index in [1.54, 1.807) is 25.3 Å². The highest BCUT2D eigenvalue weighted by Crippen LogP contribution is 2.13. The summed E-state index contributed by atoms with van der Waals surface area (Å²) in [6, 6.07) is 4.74. The SMILES string of the molecule is CCCC(NC(=O)c1nn(-c2ccc(F)cc2)cc1C)C(=O)O. The van der Waals surface area contributed by atoms with Crippen molar-refractivity contribution in [1.29, 1.82) is 0 Å². The number of nitrogens with zero attached hydrogens (tertiary/aromatic N) is 2. The molecule has 2 N–H and O–H groups in total.